The Morgan fingerprint density at radius 3 is 3.15 bits per heavy atom. The quantitative estimate of drug-likeness (QED) is 0.432. The van der Waals surface area contributed by atoms with Crippen LogP contribution in [0, 0.1) is 17.8 Å². The minimum Gasteiger partial charge on any atom is -0.151 e. The van der Waals surface area contributed by atoms with Gasteiger partial charge in [0.05, 0.1) is 0 Å². The van der Waals surface area contributed by atoms with E-state index in [0.29, 0.717) is 5.92 Å². The SMILES string of the molecule is C(#C[C@H]1C=CCCC1)c1ccsc1. The van der Waals surface area contributed by atoms with Crippen LogP contribution in [0.2, 0.25) is 0 Å². The molecule has 1 atom stereocenters. The van der Waals surface area contributed by atoms with Gasteiger partial charge in [0.1, 0.15) is 0 Å². The highest BCUT2D eigenvalue weighted by molar-refractivity contribution is 7.08. The van der Waals surface area contributed by atoms with Crippen LogP contribution < -0.4 is 0 Å². The van der Waals surface area contributed by atoms with E-state index >= 15 is 0 Å². The summed E-state index contributed by atoms with van der Waals surface area (Å²) in [7, 11) is 0. The first-order valence-corrected chi connectivity index (χ1v) is 5.60. The van der Waals surface area contributed by atoms with Crippen molar-refractivity contribution in [2.24, 2.45) is 5.92 Å². The molecular weight excluding hydrogens is 176 g/mol. The van der Waals surface area contributed by atoms with E-state index in [9.17, 15) is 0 Å². The monoisotopic (exact) mass is 188 g/mol. The van der Waals surface area contributed by atoms with Crippen molar-refractivity contribution >= 4 is 11.3 Å². The van der Waals surface area contributed by atoms with E-state index in [1.807, 2.05) is 0 Å². The van der Waals surface area contributed by atoms with Crippen LogP contribution in [0.3, 0.4) is 0 Å². The van der Waals surface area contributed by atoms with Crippen LogP contribution in [0.4, 0.5) is 0 Å². The highest BCUT2D eigenvalue weighted by Gasteiger charge is 2.03. The molecule has 0 aliphatic heterocycles. The van der Waals surface area contributed by atoms with Crippen LogP contribution in [-0.4, -0.2) is 0 Å². The first kappa shape index (κ1) is 8.59. The molecule has 0 bridgehead atoms. The summed E-state index contributed by atoms with van der Waals surface area (Å²) in [5, 5.41) is 4.17. The Balaban J connectivity index is 2.03. The molecule has 2 rings (SSSR count). The smallest absolute Gasteiger partial charge is 0.0386 e. The summed E-state index contributed by atoms with van der Waals surface area (Å²) >= 11 is 1.71. The summed E-state index contributed by atoms with van der Waals surface area (Å²) in [6.45, 7) is 0. The molecule has 13 heavy (non-hydrogen) atoms. The van der Waals surface area contributed by atoms with Crippen molar-refractivity contribution in [2.45, 2.75) is 19.3 Å². The standard InChI is InChI=1S/C12H12S/c1-2-4-11(5-3-1)6-7-12-8-9-13-10-12/h2,4,8-11H,1,3,5H2/t11-/m0/s1. The van der Waals surface area contributed by atoms with Crippen LogP contribution in [0.1, 0.15) is 24.8 Å². The Kier molecular flexibility index (Phi) is 2.84. The molecule has 1 aliphatic rings. The molecule has 0 spiro atoms. The van der Waals surface area contributed by atoms with E-state index in [1.54, 1.807) is 11.3 Å². The van der Waals surface area contributed by atoms with Gasteiger partial charge in [-0.3, -0.25) is 0 Å². The number of allylic oxidation sites excluding steroid dienone is 2. The zero-order chi connectivity index (χ0) is 8.93. The third-order valence-electron chi connectivity index (χ3n) is 2.18. The Bertz CT molecular complexity index is 335. The van der Waals surface area contributed by atoms with Gasteiger partial charge in [0, 0.05) is 16.9 Å². The van der Waals surface area contributed by atoms with Crippen LogP contribution >= 0.6 is 11.3 Å². The third kappa shape index (κ3) is 2.47. The Morgan fingerprint density at radius 2 is 2.46 bits per heavy atom. The minimum absolute atomic E-state index is 0.494. The largest absolute Gasteiger partial charge is 0.151 e. The van der Waals surface area contributed by atoms with Crippen LogP contribution in [0.25, 0.3) is 0 Å². The molecule has 0 saturated heterocycles. The van der Waals surface area contributed by atoms with E-state index < -0.39 is 0 Å². The highest BCUT2D eigenvalue weighted by Crippen LogP contribution is 2.16. The van der Waals surface area contributed by atoms with Gasteiger partial charge in [-0.1, -0.05) is 24.0 Å². The Morgan fingerprint density at radius 1 is 1.46 bits per heavy atom. The fourth-order valence-electron chi connectivity index (χ4n) is 1.44. The zero-order valence-electron chi connectivity index (χ0n) is 7.49. The number of thiophene rings is 1. The fraction of sp³-hybridized carbons (Fsp3) is 0.333. The highest BCUT2D eigenvalue weighted by atomic mass is 32.1. The van der Waals surface area contributed by atoms with Crippen molar-refractivity contribution in [3.05, 3.63) is 34.5 Å². The molecule has 0 fully saturated rings. The summed E-state index contributed by atoms with van der Waals surface area (Å²) in [6, 6.07) is 2.07. The van der Waals surface area contributed by atoms with Crippen molar-refractivity contribution in [2.75, 3.05) is 0 Å². The molecule has 0 N–H and O–H groups in total. The molecule has 0 aromatic carbocycles. The molecule has 1 aromatic rings. The van der Waals surface area contributed by atoms with Gasteiger partial charge in [-0.25, -0.2) is 0 Å². The molecule has 0 nitrogen and oxygen atoms in total. The average molecular weight is 188 g/mol. The topological polar surface area (TPSA) is 0 Å². The predicted octanol–water partition coefficient (Wildman–Crippen LogP) is 3.46. The maximum Gasteiger partial charge on any atom is 0.0386 e. The van der Waals surface area contributed by atoms with Gasteiger partial charge in [-0.05, 0) is 30.7 Å². The molecule has 1 aromatic heterocycles. The lowest BCUT2D eigenvalue weighted by molar-refractivity contribution is 0.645. The summed E-state index contributed by atoms with van der Waals surface area (Å²) < 4.78 is 0. The van der Waals surface area contributed by atoms with E-state index in [2.05, 4.69) is 40.8 Å². The zero-order valence-corrected chi connectivity index (χ0v) is 8.31. The molecule has 0 radical (unpaired) electrons. The summed E-state index contributed by atoms with van der Waals surface area (Å²) in [4.78, 5) is 0. The molecule has 66 valence electrons. The maximum atomic E-state index is 3.29. The minimum atomic E-state index is 0.494. The lowest BCUT2D eigenvalue weighted by Crippen LogP contribution is -1.96. The van der Waals surface area contributed by atoms with Crippen LogP contribution in [-0.2, 0) is 0 Å². The molecule has 1 heterocycles. The average Bonchev–Trinajstić information content (AvgIpc) is 2.69. The van der Waals surface area contributed by atoms with Gasteiger partial charge in [0.2, 0.25) is 0 Å². The molecule has 1 aliphatic carbocycles. The second-order valence-electron chi connectivity index (χ2n) is 3.25. The molecule has 1 heteroatoms. The molecule has 0 amide bonds. The maximum absolute atomic E-state index is 3.29. The van der Waals surface area contributed by atoms with Crippen LogP contribution in [0.5, 0.6) is 0 Å². The van der Waals surface area contributed by atoms with E-state index in [0.717, 1.165) is 5.56 Å². The summed E-state index contributed by atoms with van der Waals surface area (Å²) in [6.07, 6.45) is 8.24. The summed E-state index contributed by atoms with van der Waals surface area (Å²) in [5.74, 6) is 6.99. The van der Waals surface area contributed by atoms with Gasteiger partial charge >= 0.3 is 0 Å². The fourth-order valence-corrected chi connectivity index (χ4v) is 2.03. The Labute approximate surface area is 83.3 Å². The lowest BCUT2D eigenvalue weighted by Gasteiger charge is -2.08. The Hall–Kier alpha value is -1.00. The van der Waals surface area contributed by atoms with Gasteiger partial charge in [0.15, 0.2) is 0 Å². The second kappa shape index (κ2) is 4.30. The van der Waals surface area contributed by atoms with Gasteiger partial charge in [0.25, 0.3) is 0 Å². The first-order valence-electron chi connectivity index (χ1n) is 4.65. The normalized spacial score (nSPS) is 20.8. The second-order valence-corrected chi connectivity index (χ2v) is 4.03. The van der Waals surface area contributed by atoms with Crippen molar-refractivity contribution in [1.29, 1.82) is 0 Å². The van der Waals surface area contributed by atoms with Gasteiger partial charge in [-0.2, -0.15) is 11.3 Å². The van der Waals surface area contributed by atoms with Gasteiger partial charge in [-0.15, -0.1) is 0 Å². The first-order chi connectivity index (χ1) is 6.45. The molecular formula is C12H12S. The number of hydrogen-bond donors (Lipinski definition) is 0. The van der Waals surface area contributed by atoms with E-state index in [-0.39, 0.29) is 0 Å². The van der Waals surface area contributed by atoms with E-state index in [4.69, 9.17) is 0 Å². The van der Waals surface area contributed by atoms with Crippen LogP contribution in [0.15, 0.2) is 29.0 Å². The number of hydrogen-bond acceptors (Lipinski definition) is 1. The predicted molar refractivity (Wildman–Crippen MR) is 57.7 cm³/mol. The van der Waals surface area contributed by atoms with E-state index in [1.165, 1.54) is 19.3 Å². The van der Waals surface area contributed by atoms with Crippen molar-refractivity contribution in [3.63, 3.8) is 0 Å². The van der Waals surface area contributed by atoms with Gasteiger partial charge < -0.3 is 0 Å². The third-order valence-corrected chi connectivity index (χ3v) is 2.86. The molecule has 0 saturated carbocycles. The van der Waals surface area contributed by atoms with Crippen molar-refractivity contribution in [3.8, 4) is 11.8 Å². The summed E-state index contributed by atoms with van der Waals surface area (Å²) in [5.41, 5.74) is 1.16. The van der Waals surface area contributed by atoms with Crippen molar-refractivity contribution in [1.82, 2.24) is 0 Å². The number of rotatable bonds is 0. The van der Waals surface area contributed by atoms with Crippen molar-refractivity contribution < 1.29 is 0 Å². The molecule has 0 unspecified atom stereocenters. The lowest BCUT2D eigenvalue weighted by atomic mass is 9.96.